The number of nitriles is 1. The second kappa shape index (κ2) is 3.94. The highest BCUT2D eigenvalue weighted by molar-refractivity contribution is 5.45. The van der Waals surface area contributed by atoms with Gasteiger partial charge in [-0.1, -0.05) is 45.1 Å². The maximum Gasteiger partial charge on any atom is 0.0749 e. The summed E-state index contributed by atoms with van der Waals surface area (Å²) in [6.07, 6.45) is 10.8. The molecule has 0 heterocycles. The second-order valence-corrected chi connectivity index (χ2v) is 5.79. The van der Waals surface area contributed by atoms with Gasteiger partial charge in [-0.3, -0.25) is 0 Å². The molecule has 1 heteroatoms. The number of hydrogen-bond donors (Lipinski definition) is 0. The normalized spacial score (nSPS) is 28.9. The molecule has 16 heavy (non-hydrogen) atoms. The van der Waals surface area contributed by atoms with Gasteiger partial charge in [0, 0.05) is 0 Å². The van der Waals surface area contributed by atoms with Gasteiger partial charge >= 0.3 is 0 Å². The topological polar surface area (TPSA) is 23.8 Å². The highest BCUT2D eigenvalue weighted by Gasteiger charge is 2.32. The molecule has 0 radical (unpaired) electrons. The first-order valence-electron chi connectivity index (χ1n) is 6.01. The number of rotatable bonds is 0. The molecule has 0 bridgehead atoms. The van der Waals surface area contributed by atoms with Crippen molar-refractivity contribution in [1.82, 2.24) is 0 Å². The van der Waals surface area contributed by atoms with Crippen LogP contribution in [-0.4, -0.2) is 0 Å². The summed E-state index contributed by atoms with van der Waals surface area (Å²) in [4.78, 5) is 0. The van der Waals surface area contributed by atoms with Crippen LogP contribution in [0.1, 0.15) is 33.6 Å². The molecule has 2 aliphatic rings. The van der Waals surface area contributed by atoms with Crippen molar-refractivity contribution in [3.63, 3.8) is 0 Å². The number of nitrogens with zero attached hydrogens (tertiary/aromatic N) is 1. The molecular formula is C15H19N. The van der Waals surface area contributed by atoms with E-state index in [0.29, 0.717) is 5.92 Å². The zero-order valence-electron chi connectivity index (χ0n) is 10.3. The van der Waals surface area contributed by atoms with Crippen molar-refractivity contribution >= 4 is 0 Å². The molecule has 0 amide bonds. The number of allylic oxidation sites excluding steroid dienone is 6. The van der Waals surface area contributed by atoms with Gasteiger partial charge < -0.3 is 0 Å². The van der Waals surface area contributed by atoms with Crippen molar-refractivity contribution in [3.05, 3.63) is 35.5 Å². The number of hydrogen-bond acceptors (Lipinski definition) is 1. The lowest BCUT2D eigenvalue weighted by Gasteiger charge is -2.36. The summed E-state index contributed by atoms with van der Waals surface area (Å²) in [6.45, 7) is 6.85. The van der Waals surface area contributed by atoms with Gasteiger partial charge in [-0.05, 0) is 35.3 Å². The molecule has 0 fully saturated rings. The summed E-state index contributed by atoms with van der Waals surface area (Å²) in [5.41, 5.74) is 2.93. The third-order valence-corrected chi connectivity index (χ3v) is 3.62. The monoisotopic (exact) mass is 213 g/mol. The molecule has 0 aliphatic heterocycles. The van der Waals surface area contributed by atoms with Gasteiger partial charge in [-0.2, -0.15) is 5.26 Å². The fraction of sp³-hybridized carbons (Fsp3) is 0.533. The predicted octanol–water partition coefficient (Wildman–Crippen LogP) is 4.00. The Hall–Kier alpha value is -1.29. The Morgan fingerprint density at radius 2 is 1.75 bits per heavy atom. The molecule has 2 aliphatic carbocycles. The van der Waals surface area contributed by atoms with E-state index in [2.05, 4.69) is 51.1 Å². The lowest BCUT2D eigenvalue weighted by Crippen LogP contribution is -2.26. The second-order valence-electron chi connectivity index (χ2n) is 5.79. The zero-order chi connectivity index (χ0) is 11.8. The zero-order valence-corrected chi connectivity index (χ0v) is 10.3. The minimum Gasteiger partial charge on any atom is -0.198 e. The van der Waals surface area contributed by atoms with E-state index >= 15 is 0 Å². The molecule has 2 unspecified atom stereocenters. The van der Waals surface area contributed by atoms with Crippen molar-refractivity contribution < 1.29 is 0 Å². The van der Waals surface area contributed by atoms with E-state index in [1.54, 1.807) is 0 Å². The molecule has 2 rings (SSSR count). The van der Waals surface area contributed by atoms with Crippen molar-refractivity contribution in [1.29, 1.82) is 5.26 Å². The van der Waals surface area contributed by atoms with Crippen LogP contribution in [0.3, 0.4) is 0 Å². The molecule has 0 aromatic carbocycles. The smallest absolute Gasteiger partial charge is 0.0749 e. The molecule has 0 saturated carbocycles. The molecule has 0 saturated heterocycles. The summed E-state index contributed by atoms with van der Waals surface area (Å²) >= 11 is 0. The Morgan fingerprint density at radius 3 is 2.38 bits per heavy atom. The van der Waals surface area contributed by atoms with Gasteiger partial charge in [0.25, 0.3) is 0 Å². The van der Waals surface area contributed by atoms with Crippen LogP contribution in [0.15, 0.2) is 35.5 Å². The minimum absolute atomic E-state index is 0.0707. The van der Waals surface area contributed by atoms with Crippen molar-refractivity contribution in [2.45, 2.75) is 33.6 Å². The Balaban J connectivity index is 2.43. The summed E-state index contributed by atoms with van der Waals surface area (Å²) in [6, 6.07) is 2.41. The molecular weight excluding hydrogens is 194 g/mol. The van der Waals surface area contributed by atoms with E-state index in [0.717, 1.165) is 12.8 Å². The van der Waals surface area contributed by atoms with E-state index in [9.17, 15) is 0 Å². The Morgan fingerprint density at radius 1 is 1.12 bits per heavy atom. The average molecular weight is 213 g/mol. The molecule has 0 aromatic rings. The molecule has 2 atom stereocenters. The maximum absolute atomic E-state index is 9.17. The fourth-order valence-corrected chi connectivity index (χ4v) is 2.69. The summed E-state index contributed by atoms with van der Waals surface area (Å²) < 4.78 is 0. The van der Waals surface area contributed by atoms with Crippen molar-refractivity contribution in [3.8, 4) is 6.07 Å². The van der Waals surface area contributed by atoms with Gasteiger partial charge in [0.05, 0.1) is 12.0 Å². The van der Waals surface area contributed by atoms with Crippen LogP contribution in [0.4, 0.5) is 0 Å². The SMILES string of the molecule is CC(C)(C)C1CC=CC2=C1C=CCC2C#N. The van der Waals surface area contributed by atoms with Crippen LogP contribution < -0.4 is 0 Å². The molecule has 84 valence electrons. The van der Waals surface area contributed by atoms with Gasteiger partial charge in [-0.25, -0.2) is 0 Å². The maximum atomic E-state index is 9.17. The first kappa shape index (κ1) is 11.2. The van der Waals surface area contributed by atoms with Crippen LogP contribution >= 0.6 is 0 Å². The third kappa shape index (κ3) is 1.85. The standard InChI is InChI=1S/C15H19N/c1-15(2,3)14-9-5-7-12-11(10-16)6-4-8-13(12)14/h4-5,7-8,11,14H,6,9H2,1-3H3. The van der Waals surface area contributed by atoms with Crippen LogP contribution in [0, 0.1) is 28.6 Å². The molecule has 0 spiro atoms. The van der Waals surface area contributed by atoms with Gasteiger partial charge in [0.15, 0.2) is 0 Å². The summed E-state index contributed by atoms with van der Waals surface area (Å²) in [7, 11) is 0. The van der Waals surface area contributed by atoms with Crippen LogP contribution in [-0.2, 0) is 0 Å². The minimum atomic E-state index is 0.0707. The summed E-state index contributed by atoms with van der Waals surface area (Å²) in [5.74, 6) is 0.626. The molecule has 0 N–H and O–H groups in total. The van der Waals surface area contributed by atoms with E-state index < -0.39 is 0 Å². The van der Waals surface area contributed by atoms with Gasteiger partial charge in [0.2, 0.25) is 0 Å². The molecule has 0 aromatic heterocycles. The van der Waals surface area contributed by atoms with E-state index in [1.165, 1.54) is 11.1 Å². The van der Waals surface area contributed by atoms with E-state index in [1.807, 2.05) is 0 Å². The van der Waals surface area contributed by atoms with Crippen molar-refractivity contribution in [2.24, 2.45) is 17.3 Å². The first-order chi connectivity index (χ1) is 7.54. The highest BCUT2D eigenvalue weighted by atomic mass is 14.4. The lowest BCUT2D eigenvalue weighted by atomic mass is 9.68. The van der Waals surface area contributed by atoms with E-state index in [-0.39, 0.29) is 11.3 Å². The predicted molar refractivity (Wildman–Crippen MR) is 66.6 cm³/mol. The fourth-order valence-electron chi connectivity index (χ4n) is 2.69. The summed E-state index contributed by atoms with van der Waals surface area (Å²) in [5, 5.41) is 9.17. The van der Waals surface area contributed by atoms with Crippen LogP contribution in [0.25, 0.3) is 0 Å². The lowest BCUT2D eigenvalue weighted by molar-refractivity contribution is 0.280. The van der Waals surface area contributed by atoms with Crippen molar-refractivity contribution in [2.75, 3.05) is 0 Å². The average Bonchev–Trinajstić information content (AvgIpc) is 2.26. The first-order valence-corrected chi connectivity index (χ1v) is 6.01. The Labute approximate surface area is 98.2 Å². The van der Waals surface area contributed by atoms with E-state index in [4.69, 9.17) is 5.26 Å². The largest absolute Gasteiger partial charge is 0.198 e. The third-order valence-electron chi connectivity index (χ3n) is 3.62. The van der Waals surface area contributed by atoms with Crippen LogP contribution in [0.5, 0.6) is 0 Å². The van der Waals surface area contributed by atoms with Crippen LogP contribution in [0.2, 0.25) is 0 Å². The quantitative estimate of drug-likeness (QED) is 0.596. The van der Waals surface area contributed by atoms with Gasteiger partial charge in [-0.15, -0.1) is 0 Å². The Kier molecular flexibility index (Phi) is 2.76. The van der Waals surface area contributed by atoms with Gasteiger partial charge in [0.1, 0.15) is 0 Å². The highest BCUT2D eigenvalue weighted by Crippen LogP contribution is 2.43. The molecule has 1 nitrogen and oxygen atoms in total. The Bertz CT molecular complexity index is 410.